The zero-order valence-corrected chi connectivity index (χ0v) is 13.4. The van der Waals surface area contributed by atoms with Crippen LogP contribution < -0.4 is 5.73 Å². The number of benzene rings is 2. The van der Waals surface area contributed by atoms with E-state index in [-0.39, 0.29) is 18.7 Å². The Morgan fingerprint density at radius 3 is 2.20 bits per heavy atom. The smallest absolute Gasteiger partial charge is 0.406 e. The predicted octanol–water partition coefficient (Wildman–Crippen LogP) is 2.85. The summed E-state index contributed by atoms with van der Waals surface area (Å²) in [5.41, 5.74) is 7.09. The van der Waals surface area contributed by atoms with Gasteiger partial charge in [0, 0.05) is 6.54 Å². The Morgan fingerprint density at radius 2 is 1.64 bits per heavy atom. The molecule has 0 radical (unpaired) electrons. The lowest BCUT2D eigenvalue weighted by Crippen LogP contribution is -2.47. The summed E-state index contributed by atoms with van der Waals surface area (Å²) >= 11 is 0. The molecule has 1 amide bonds. The molecule has 2 aromatic rings. The van der Waals surface area contributed by atoms with E-state index < -0.39 is 24.7 Å². The van der Waals surface area contributed by atoms with Gasteiger partial charge < -0.3 is 15.7 Å². The van der Waals surface area contributed by atoms with Gasteiger partial charge in [-0.15, -0.1) is 0 Å². The number of phenolic OH excluding ortho intramolecular Hbond substituents is 1. The average molecular weight is 352 g/mol. The first kappa shape index (κ1) is 18.8. The second kappa shape index (κ2) is 8.02. The van der Waals surface area contributed by atoms with Gasteiger partial charge in [-0.1, -0.05) is 42.5 Å². The number of hydrogen-bond acceptors (Lipinski definition) is 3. The van der Waals surface area contributed by atoms with Crippen LogP contribution >= 0.6 is 0 Å². The molecular weight excluding hydrogens is 333 g/mol. The zero-order chi connectivity index (χ0) is 18.4. The normalized spacial score (nSPS) is 12.6. The van der Waals surface area contributed by atoms with Crippen LogP contribution in [-0.2, 0) is 17.8 Å². The number of nitrogens with two attached hydrogens (primary N) is 1. The van der Waals surface area contributed by atoms with Crippen LogP contribution in [0.1, 0.15) is 11.1 Å². The van der Waals surface area contributed by atoms with Gasteiger partial charge in [-0.05, 0) is 29.7 Å². The summed E-state index contributed by atoms with van der Waals surface area (Å²) in [6, 6.07) is 13.4. The van der Waals surface area contributed by atoms with Gasteiger partial charge in [0.05, 0.1) is 6.04 Å². The van der Waals surface area contributed by atoms with E-state index in [0.29, 0.717) is 11.1 Å². The molecule has 0 heterocycles. The molecule has 4 nitrogen and oxygen atoms in total. The molecule has 0 fully saturated rings. The van der Waals surface area contributed by atoms with Crippen molar-refractivity contribution in [1.82, 2.24) is 4.90 Å². The summed E-state index contributed by atoms with van der Waals surface area (Å²) in [7, 11) is 0. The van der Waals surface area contributed by atoms with Crippen LogP contribution in [0.15, 0.2) is 54.6 Å². The maximum atomic E-state index is 12.8. The highest BCUT2D eigenvalue weighted by atomic mass is 19.4. The van der Waals surface area contributed by atoms with Gasteiger partial charge in [0.25, 0.3) is 0 Å². The molecular formula is C18H19F3N2O2. The third kappa shape index (κ3) is 6.11. The maximum absolute atomic E-state index is 12.8. The fraction of sp³-hybridized carbons (Fsp3) is 0.278. The highest BCUT2D eigenvalue weighted by molar-refractivity contribution is 5.82. The second-order valence-corrected chi connectivity index (χ2v) is 5.77. The Bertz CT molecular complexity index is 688. The molecule has 2 aromatic carbocycles. The molecule has 0 saturated heterocycles. The highest BCUT2D eigenvalue weighted by Gasteiger charge is 2.34. The molecule has 7 heteroatoms. The van der Waals surface area contributed by atoms with Crippen molar-refractivity contribution < 1.29 is 23.1 Å². The quantitative estimate of drug-likeness (QED) is 0.840. The van der Waals surface area contributed by atoms with Gasteiger partial charge in [0.15, 0.2) is 0 Å². The van der Waals surface area contributed by atoms with Crippen LogP contribution in [0.25, 0.3) is 0 Å². The number of carbonyl (C=O) groups is 1. The standard InChI is InChI=1S/C18H19F3N2O2/c19-18(20,21)12-23(11-14-4-2-1-3-5-14)17(25)16(22)10-13-6-8-15(24)9-7-13/h1-9,16,24H,10-12,22H2/t16-/m0/s1. The lowest BCUT2D eigenvalue weighted by atomic mass is 10.0. The van der Waals surface area contributed by atoms with E-state index in [9.17, 15) is 23.1 Å². The van der Waals surface area contributed by atoms with Gasteiger partial charge in [0.2, 0.25) is 5.91 Å². The Morgan fingerprint density at radius 1 is 1.04 bits per heavy atom. The molecule has 3 N–H and O–H groups in total. The largest absolute Gasteiger partial charge is 0.508 e. The van der Waals surface area contributed by atoms with Crippen molar-refractivity contribution in [2.75, 3.05) is 6.54 Å². The fourth-order valence-electron chi connectivity index (χ4n) is 2.44. The summed E-state index contributed by atoms with van der Waals surface area (Å²) in [5.74, 6) is -0.708. The number of hydrogen-bond donors (Lipinski definition) is 2. The summed E-state index contributed by atoms with van der Waals surface area (Å²) in [6.45, 7) is -1.52. The third-order valence-corrected chi connectivity index (χ3v) is 3.61. The number of rotatable bonds is 6. The van der Waals surface area contributed by atoms with Crippen molar-refractivity contribution in [2.24, 2.45) is 5.73 Å². The molecule has 0 bridgehead atoms. The van der Waals surface area contributed by atoms with Crippen molar-refractivity contribution in [1.29, 1.82) is 0 Å². The topological polar surface area (TPSA) is 66.6 Å². The van der Waals surface area contributed by atoms with Gasteiger partial charge in [0.1, 0.15) is 12.3 Å². The first-order valence-corrected chi connectivity index (χ1v) is 7.67. The van der Waals surface area contributed by atoms with E-state index in [2.05, 4.69) is 0 Å². The number of amides is 1. The Hall–Kier alpha value is -2.54. The van der Waals surface area contributed by atoms with Gasteiger partial charge in [-0.3, -0.25) is 4.79 Å². The molecule has 0 aliphatic heterocycles. The summed E-state index contributed by atoms with van der Waals surface area (Å²) in [5, 5.41) is 9.25. The van der Waals surface area contributed by atoms with Crippen molar-refractivity contribution in [3.05, 3.63) is 65.7 Å². The van der Waals surface area contributed by atoms with Crippen LogP contribution in [0, 0.1) is 0 Å². The molecule has 0 aromatic heterocycles. The second-order valence-electron chi connectivity index (χ2n) is 5.77. The predicted molar refractivity (Wildman–Crippen MR) is 87.7 cm³/mol. The fourth-order valence-corrected chi connectivity index (χ4v) is 2.44. The number of carbonyl (C=O) groups excluding carboxylic acids is 1. The number of aromatic hydroxyl groups is 1. The van der Waals surface area contributed by atoms with Gasteiger partial charge in [-0.25, -0.2) is 0 Å². The van der Waals surface area contributed by atoms with Gasteiger partial charge >= 0.3 is 6.18 Å². The van der Waals surface area contributed by atoms with Crippen molar-refractivity contribution in [2.45, 2.75) is 25.2 Å². The van der Waals surface area contributed by atoms with E-state index in [1.807, 2.05) is 0 Å². The number of alkyl halides is 3. The average Bonchev–Trinajstić information content (AvgIpc) is 2.55. The van der Waals surface area contributed by atoms with Crippen molar-refractivity contribution >= 4 is 5.91 Å². The molecule has 2 rings (SSSR count). The molecule has 0 saturated carbocycles. The molecule has 0 spiro atoms. The monoisotopic (exact) mass is 352 g/mol. The minimum atomic E-state index is -4.51. The number of halogens is 3. The molecule has 0 aliphatic rings. The molecule has 1 atom stereocenters. The minimum absolute atomic E-state index is 0.0615. The Labute approximate surface area is 143 Å². The zero-order valence-electron chi connectivity index (χ0n) is 13.4. The van der Waals surface area contributed by atoms with Crippen LogP contribution in [0.3, 0.4) is 0 Å². The summed E-state index contributed by atoms with van der Waals surface area (Å²) in [6.07, 6.45) is -4.43. The first-order valence-electron chi connectivity index (χ1n) is 7.67. The van der Waals surface area contributed by atoms with Gasteiger partial charge in [-0.2, -0.15) is 13.2 Å². The minimum Gasteiger partial charge on any atom is -0.508 e. The lowest BCUT2D eigenvalue weighted by molar-refractivity contribution is -0.163. The molecule has 0 aliphatic carbocycles. The van der Waals surface area contributed by atoms with E-state index in [1.165, 1.54) is 12.1 Å². The van der Waals surface area contributed by atoms with Crippen LogP contribution in [-0.4, -0.2) is 34.7 Å². The van der Waals surface area contributed by atoms with Crippen LogP contribution in [0.5, 0.6) is 5.75 Å². The summed E-state index contributed by atoms with van der Waals surface area (Å²) in [4.78, 5) is 13.2. The number of nitrogens with zero attached hydrogens (tertiary/aromatic N) is 1. The highest BCUT2D eigenvalue weighted by Crippen LogP contribution is 2.19. The molecule has 134 valence electrons. The van der Waals surface area contributed by atoms with E-state index in [1.54, 1.807) is 42.5 Å². The SMILES string of the molecule is N[C@@H](Cc1ccc(O)cc1)C(=O)N(Cc1ccccc1)CC(F)(F)F. The van der Waals surface area contributed by atoms with Crippen LogP contribution in [0.4, 0.5) is 13.2 Å². The Balaban J connectivity index is 2.11. The van der Waals surface area contributed by atoms with E-state index in [4.69, 9.17) is 5.73 Å². The molecule has 25 heavy (non-hydrogen) atoms. The van der Waals surface area contributed by atoms with Crippen LogP contribution in [0.2, 0.25) is 0 Å². The van der Waals surface area contributed by atoms with Crippen molar-refractivity contribution in [3.63, 3.8) is 0 Å². The molecule has 0 unspecified atom stereocenters. The maximum Gasteiger partial charge on any atom is 0.406 e. The third-order valence-electron chi connectivity index (χ3n) is 3.61. The first-order chi connectivity index (χ1) is 11.7. The van der Waals surface area contributed by atoms with Crippen molar-refractivity contribution in [3.8, 4) is 5.75 Å². The summed E-state index contributed by atoms with van der Waals surface area (Å²) < 4.78 is 38.5. The van der Waals surface area contributed by atoms with E-state index >= 15 is 0 Å². The van der Waals surface area contributed by atoms with E-state index in [0.717, 1.165) is 4.90 Å². The lowest BCUT2D eigenvalue weighted by Gasteiger charge is -2.27. The number of phenols is 1. The Kier molecular flexibility index (Phi) is 6.03.